The Bertz CT molecular complexity index is 1180. The van der Waals surface area contributed by atoms with Gasteiger partial charge in [0.25, 0.3) is 0 Å². The number of carbonyl (C=O) groups excluding carboxylic acids is 1. The smallest absolute Gasteiger partial charge is 0.249 e. The number of imidazole rings is 1. The molecule has 0 radical (unpaired) electrons. The number of nitrogens with zero attached hydrogens (tertiary/aromatic N) is 6. The first-order valence-electron chi connectivity index (χ1n) is 12.4. The van der Waals surface area contributed by atoms with Gasteiger partial charge in [0.15, 0.2) is 5.82 Å². The number of hydrogen-bond donors (Lipinski definition) is 1. The van der Waals surface area contributed by atoms with E-state index in [-0.39, 0.29) is 11.9 Å². The van der Waals surface area contributed by atoms with Crippen molar-refractivity contribution in [2.45, 2.75) is 59.4 Å². The monoisotopic (exact) mass is 477 g/mol. The molecule has 0 spiro atoms. The Kier molecular flexibility index (Phi) is 7.53. The van der Waals surface area contributed by atoms with E-state index in [4.69, 9.17) is 9.72 Å². The fraction of sp³-hybridized carbons (Fsp3) is 0.462. The van der Waals surface area contributed by atoms with Crippen molar-refractivity contribution < 1.29 is 9.53 Å². The molecule has 186 valence electrons. The van der Waals surface area contributed by atoms with Gasteiger partial charge in [0.05, 0.1) is 31.0 Å². The number of fused-ring (bicyclic) bond motifs is 1. The molecule has 1 unspecified atom stereocenters. The molecule has 3 aromatic rings. The normalized spacial score (nSPS) is 15.3. The molecule has 1 atom stereocenters. The van der Waals surface area contributed by atoms with E-state index >= 15 is 0 Å². The molecule has 9 heteroatoms. The number of amides is 1. The number of anilines is 4. The van der Waals surface area contributed by atoms with Gasteiger partial charge in [-0.25, -0.2) is 9.97 Å². The predicted octanol–water partition coefficient (Wildman–Crippen LogP) is 4.86. The molecule has 0 bridgehead atoms. The van der Waals surface area contributed by atoms with E-state index in [9.17, 15) is 4.79 Å². The quantitative estimate of drug-likeness (QED) is 0.446. The van der Waals surface area contributed by atoms with Gasteiger partial charge in [0.2, 0.25) is 11.9 Å². The molecule has 1 aromatic carbocycles. The molecule has 1 N–H and O–H groups in total. The summed E-state index contributed by atoms with van der Waals surface area (Å²) in [6.45, 7) is 9.62. The second-order valence-corrected chi connectivity index (χ2v) is 8.77. The zero-order valence-electron chi connectivity index (χ0n) is 21.3. The Hall–Kier alpha value is -3.62. The molecule has 3 heterocycles. The first-order valence-corrected chi connectivity index (χ1v) is 12.4. The van der Waals surface area contributed by atoms with E-state index in [0.29, 0.717) is 24.8 Å². The van der Waals surface area contributed by atoms with Gasteiger partial charge in [0.1, 0.15) is 17.5 Å². The summed E-state index contributed by atoms with van der Waals surface area (Å²) in [7, 11) is 1.65. The number of ether oxygens (including phenoxy) is 1. The van der Waals surface area contributed by atoms with Gasteiger partial charge in [-0.15, -0.1) is 0 Å². The van der Waals surface area contributed by atoms with E-state index in [2.05, 4.69) is 41.0 Å². The Morgan fingerprint density at radius 1 is 1.11 bits per heavy atom. The SMILES string of the molecule is CCCCC1C(=O)N(CCC)c2cnc(Nc3ccc(-n4cnc(C)c4)c(OC)c3)nc2N1CC. The van der Waals surface area contributed by atoms with Crippen LogP contribution in [-0.4, -0.2) is 51.7 Å². The van der Waals surface area contributed by atoms with Crippen LogP contribution in [0.25, 0.3) is 5.69 Å². The largest absolute Gasteiger partial charge is 0.494 e. The van der Waals surface area contributed by atoms with Gasteiger partial charge < -0.3 is 24.4 Å². The number of nitrogens with one attached hydrogen (secondary N) is 1. The molecule has 35 heavy (non-hydrogen) atoms. The van der Waals surface area contributed by atoms with E-state index in [1.165, 1.54) is 0 Å². The number of aromatic nitrogens is 4. The molecule has 2 aromatic heterocycles. The van der Waals surface area contributed by atoms with Crippen LogP contribution in [0.2, 0.25) is 0 Å². The lowest BCUT2D eigenvalue weighted by atomic mass is 10.0. The lowest BCUT2D eigenvalue weighted by molar-refractivity contribution is -0.120. The fourth-order valence-electron chi connectivity index (χ4n) is 4.56. The van der Waals surface area contributed by atoms with Gasteiger partial charge in [-0.05, 0) is 38.8 Å². The Balaban J connectivity index is 1.66. The van der Waals surface area contributed by atoms with E-state index in [0.717, 1.165) is 54.3 Å². The molecular formula is C26H35N7O2. The molecule has 1 aliphatic rings. The number of unbranched alkanes of at least 4 members (excludes halogenated alkanes) is 1. The minimum Gasteiger partial charge on any atom is -0.494 e. The third-order valence-corrected chi connectivity index (χ3v) is 6.28. The predicted molar refractivity (Wildman–Crippen MR) is 139 cm³/mol. The van der Waals surface area contributed by atoms with Crippen molar-refractivity contribution in [1.82, 2.24) is 19.5 Å². The highest BCUT2D eigenvalue weighted by molar-refractivity contribution is 6.04. The third-order valence-electron chi connectivity index (χ3n) is 6.28. The number of hydrogen-bond acceptors (Lipinski definition) is 7. The number of methoxy groups -OCH3 is 1. The minimum absolute atomic E-state index is 0.147. The van der Waals surface area contributed by atoms with Crippen molar-refractivity contribution in [3.8, 4) is 11.4 Å². The fourth-order valence-corrected chi connectivity index (χ4v) is 4.56. The van der Waals surface area contributed by atoms with Crippen molar-refractivity contribution in [3.63, 3.8) is 0 Å². The van der Waals surface area contributed by atoms with Crippen molar-refractivity contribution in [2.24, 2.45) is 0 Å². The summed E-state index contributed by atoms with van der Waals surface area (Å²) in [6.07, 6.45) is 9.23. The second-order valence-electron chi connectivity index (χ2n) is 8.77. The van der Waals surface area contributed by atoms with Crippen LogP contribution in [0.15, 0.2) is 36.9 Å². The molecule has 0 saturated carbocycles. The van der Waals surface area contributed by atoms with Crippen LogP contribution in [0.4, 0.5) is 23.1 Å². The summed E-state index contributed by atoms with van der Waals surface area (Å²) in [5, 5.41) is 3.32. The van der Waals surface area contributed by atoms with Crippen LogP contribution in [-0.2, 0) is 4.79 Å². The highest BCUT2D eigenvalue weighted by Crippen LogP contribution is 2.37. The van der Waals surface area contributed by atoms with Gasteiger partial charge in [0, 0.05) is 31.0 Å². The number of aryl methyl sites for hydroxylation is 1. The Morgan fingerprint density at radius 3 is 2.60 bits per heavy atom. The van der Waals surface area contributed by atoms with Crippen molar-refractivity contribution in [1.29, 1.82) is 0 Å². The van der Waals surface area contributed by atoms with Crippen molar-refractivity contribution in [2.75, 3.05) is 35.3 Å². The maximum atomic E-state index is 13.3. The van der Waals surface area contributed by atoms with E-state index in [1.54, 1.807) is 19.6 Å². The summed E-state index contributed by atoms with van der Waals surface area (Å²) in [5.41, 5.74) is 3.42. The highest BCUT2D eigenvalue weighted by atomic mass is 16.5. The maximum absolute atomic E-state index is 13.3. The zero-order chi connectivity index (χ0) is 24.9. The number of benzene rings is 1. The van der Waals surface area contributed by atoms with Gasteiger partial charge >= 0.3 is 0 Å². The van der Waals surface area contributed by atoms with Crippen LogP contribution in [0.3, 0.4) is 0 Å². The third kappa shape index (κ3) is 4.94. The van der Waals surface area contributed by atoms with Gasteiger partial charge in [-0.1, -0.05) is 26.7 Å². The van der Waals surface area contributed by atoms with Crippen LogP contribution in [0.5, 0.6) is 5.75 Å². The van der Waals surface area contributed by atoms with Gasteiger partial charge in [-0.3, -0.25) is 4.79 Å². The lowest BCUT2D eigenvalue weighted by Crippen LogP contribution is -2.54. The molecular weight excluding hydrogens is 442 g/mol. The van der Waals surface area contributed by atoms with Gasteiger partial charge in [-0.2, -0.15) is 4.98 Å². The average Bonchev–Trinajstić information content (AvgIpc) is 3.30. The van der Waals surface area contributed by atoms with Crippen molar-refractivity contribution in [3.05, 3.63) is 42.6 Å². The van der Waals surface area contributed by atoms with Crippen LogP contribution in [0.1, 0.15) is 52.1 Å². The highest BCUT2D eigenvalue weighted by Gasteiger charge is 2.38. The van der Waals surface area contributed by atoms with Crippen LogP contribution < -0.4 is 19.9 Å². The molecule has 0 saturated heterocycles. The minimum atomic E-state index is -0.195. The molecule has 9 nitrogen and oxygen atoms in total. The Labute approximate surface area is 207 Å². The maximum Gasteiger partial charge on any atom is 0.249 e. The molecule has 1 aliphatic heterocycles. The standard InChI is InChI=1S/C26H35N7O2/c1-6-9-10-21-25(34)33(13-7-2)22-15-27-26(30-24(22)32(21)8-3)29-19-11-12-20(23(14-19)35-5)31-16-18(4)28-17-31/h11-12,14-17,21H,6-10,13H2,1-5H3,(H,27,29,30). The number of rotatable bonds is 10. The lowest BCUT2D eigenvalue weighted by Gasteiger charge is -2.41. The molecule has 0 aliphatic carbocycles. The van der Waals surface area contributed by atoms with E-state index < -0.39 is 0 Å². The summed E-state index contributed by atoms with van der Waals surface area (Å²) in [4.78, 5) is 31.1. The molecule has 1 amide bonds. The summed E-state index contributed by atoms with van der Waals surface area (Å²) < 4.78 is 7.57. The molecule has 4 rings (SSSR count). The number of carbonyl (C=O) groups is 1. The first kappa shape index (κ1) is 24.5. The van der Waals surface area contributed by atoms with Crippen LogP contribution >= 0.6 is 0 Å². The zero-order valence-corrected chi connectivity index (χ0v) is 21.3. The summed E-state index contributed by atoms with van der Waals surface area (Å²) >= 11 is 0. The average molecular weight is 478 g/mol. The summed E-state index contributed by atoms with van der Waals surface area (Å²) in [6, 6.07) is 5.66. The molecule has 0 fully saturated rings. The van der Waals surface area contributed by atoms with Crippen LogP contribution in [0, 0.1) is 6.92 Å². The first-order chi connectivity index (χ1) is 17.0. The van der Waals surface area contributed by atoms with E-state index in [1.807, 2.05) is 40.8 Å². The number of likely N-dealkylation sites (N-methyl/N-ethyl adjacent to an activating group) is 1. The van der Waals surface area contributed by atoms with Crippen molar-refractivity contribution >= 4 is 29.0 Å². The Morgan fingerprint density at radius 2 is 1.94 bits per heavy atom. The topological polar surface area (TPSA) is 88.4 Å². The second kappa shape index (κ2) is 10.8. The summed E-state index contributed by atoms with van der Waals surface area (Å²) in [5.74, 6) is 2.14.